The molecule has 0 fully saturated rings. The van der Waals surface area contributed by atoms with Crippen LogP contribution in [0.25, 0.3) is 22.3 Å². The van der Waals surface area contributed by atoms with Crippen LogP contribution in [0, 0.1) is 0 Å². The molecule has 0 bridgehead atoms. The van der Waals surface area contributed by atoms with E-state index in [9.17, 15) is 4.79 Å². The highest BCUT2D eigenvalue weighted by atomic mass is 16.5. The molecule has 0 aliphatic heterocycles. The summed E-state index contributed by atoms with van der Waals surface area (Å²) in [5.41, 5.74) is 5.26. The number of ether oxygens (including phenoxy) is 1. The van der Waals surface area contributed by atoms with Crippen molar-refractivity contribution in [1.29, 1.82) is 0 Å². The lowest BCUT2D eigenvalue weighted by molar-refractivity contribution is 0.104. The zero-order chi connectivity index (χ0) is 24.8. The molecule has 0 amide bonds. The number of aryl methyl sites for hydroxylation is 2. The first-order valence-corrected chi connectivity index (χ1v) is 12.7. The molecule has 4 rings (SSSR count). The van der Waals surface area contributed by atoms with Crippen molar-refractivity contribution in [3.8, 4) is 17.1 Å². The summed E-state index contributed by atoms with van der Waals surface area (Å²) in [6.07, 6.45) is 1.78. The number of hydrogen-bond acceptors (Lipinski definition) is 4. The predicted molar refractivity (Wildman–Crippen MR) is 144 cm³/mol. The number of benzene rings is 3. The molecule has 0 aliphatic rings. The third-order valence-corrected chi connectivity index (χ3v) is 6.64. The lowest BCUT2D eigenvalue weighted by atomic mass is 9.94. The van der Waals surface area contributed by atoms with E-state index < -0.39 is 0 Å². The van der Waals surface area contributed by atoms with Crippen LogP contribution in [0.5, 0.6) is 5.75 Å². The second-order valence-electron chi connectivity index (χ2n) is 8.78. The third kappa shape index (κ3) is 5.49. The Kier molecular flexibility index (Phi) is 8.04. The Bertz CT molecular complexity index is 1260. The SMILES string of the molecule is CCc1cc(CC)cc(C(=O)c2c(-c3ccc(OCCN(CC)CC)cc3)oc3ccccc23)c1. The number of furan rings is 1. The zero-order valence-corrected chi connectivity index (χ0v) is 21.3. The monoisotopic (exact) mass is 469 g/mol. The topological polar surface area (TPSA) is 42.7 Å². The van der Waals surface area contributed by atoms with E-state index in [-0.39, 0.29) is 5.78 Å². The predicted octanol–water partition coefficient (Wildman–Crippen LogP) is 7.18. The van der Waals surface area contributed by atoms with E-state index in [2.05, 4.69) is 38.7 Å². The Labute approximate surface area is 208 Å². The average molecular weight is 470 g/mol. The fraction of sp³-hybridized carbons (Fsp3) is 0.323. The highest BCUT2D eigenvalue weighted by Crippen LogP contribution is 2.36. The Hall–Kier alpha value is -3.37. The third-order valence-electron chi connectivity index (χ3n) is 6.64. The summed E-state index contributed by atoms with van der Waals surface area (Å²) in [4.78, 5) is 16.2. The number of likely N-dealkylation sites (N-methyl/N-ethyl adjacent to an activating group) is 1. The minimum Gasteiger partial charge on any atom is -0.492 e. The van der Waals surface area contributed by atoms with Gasteiger partial charge in [0.1, 0.15) is 23.7 Å². The van der Waals surface area contributed by atoms with Crippen LogP contribution in [-0.4, -0.2) is 36.9 Å². The maximum absolute atomic E-state index is 13.9. The minimum atomic E-state index is -0.00509. The molecule has 0 radical (unpaired) electrons. The number of hydrogen-bond donors (Lipinski definition) is 0. The zero-order valence-electron chi connectivity index (χ0n) is 21.3. The van der Waals surface area contributed by atoms with E-state index in [1.54, 1.807) is 0 Å². The summed E-state index contributed by atoms with van der Waals surface area (Å²) in [6.45, 7) is 12.1. The number of ketones is 1. The summed E-state index contributed by atoms with van der Waals surface area (Å²) < 4.78 is 12.2. The fourth-order valence-corrected chi connectivity index (χ4v) is 4.46. The normalized spacial score (nSPS) is 11.3. The second kappa shape index (κ2) is 11.4. The van der Waals surface area contributed by atoms with Crippen LogP contribution in [0.4, 0.5) is 0 Å². The molecular formula is C31H35NO3. The van der Waals surface area contributed by atoms with Crippen molar-refractivity contribution in [3.05, 3.63) is 89.0 Å². The molecule has 182 valence electrons. The van der Waals surface area contributed by atoms with Gasteiger partial charge in [-0.1, -0.05) is 52.0 Å². The number of fused-ring (bicyclic) bond motifs is 1. The molecule has 3 aromatic carbocycles. The minimum absolute atomic E-state index is 0.00509. The van der Waals surface area contributed by atoms with Gasteiger partial charge in [0.2, 0.25) is 0 Å². The van der Waals surface area contributed by atoms with E-state index >= 15 is 0 Å². The lowest BCUT2D eigenvalue weighted by Gasteiger charge is -2.18. The van der Waals surface area contributed by atoms with Gasteiger partial charge in [0.05, 0.1) is 5.56 Å². The molecule has 0 unspecified atom stereocenters. The van der Waals surface area contributed by atoms with Gasteiger partial charge in [-0.2, -0.15) is 0 Å². The molecule has 4 heteroatoms. The van der Waals surface area contributed by atoms with Crippen molar-refractivity contribution in [2.75, 3.05) is 26.2 Å². The van der Waals surface area contributed by atoms with Gasteiger partial charge in [0.15, 0.2) is 5.78 Å². The van der Waals surface area contributed by atoms with Gasteiger partial charge >= 0.3 is 0 Å². The number of rotatable bonds is 11. The van der Waals surface area contributed by atoms with Crippen LogP contribution in [-0.2, 0) is 12.8 Å². The largest absolute Gasteiger partial charge is 0.492 e. The molecule has 0 N–H and O–H groups in total. The van der Waals surface area contributed by atoms with Crippen LogP contribution in [0.1, 0.15) is 54.7 Å². The maximum atomic E-state index is 13.9. The summed E-state index contributed by atoms with van der Waals surface area (Å²) in [6, 6.07) is 21.8. The van der Waals surface area contributed by atoms with E-state index in [4.69, 9.17) is 9.15 Å². The number of carbonyl (C=O) groups excluding carboxylic acids is 1. The van der Waals surface area contributed by atoms with Gasteiger partial charge in [-0.05, 0) is 79.5 Å². The van der Waals surface area contributed by atoms with Crippen molar-refractivity contribution in [3.63, 3.8) is 0 Å². The van der Waals surface area contributed by atoms with Crippen LogP contribution in [0.3, 0.4) is 0 Å². The van der Waals surface area contributed by atoms with Crippen LogP contribution in [0.2, 0.25) is 0 Å². The molecule has 0 saturated carbocycles. The molecule has 4 nitrogen and oxygen atoms in total. The number of nitrogens with zero attached hydrogens (tertiary/aromatic N) is 1. The van der Waals surface area contributed by atoms with Crippen molar-refractivity contribution in [1.82, 2.24) is 4.90 Å². The standard InChI is InChI=1S/C31H35NO3/c1-5-22-19-23(6-2)21-25(20-22)30(33)29-27-11-9-10-12-28(27)35-31(29)24-13-15-26(16-14-24)34-18-17-32(7-3)8-4/h9-16,19-21H,5-8,17-18H2,1-4H3. The Morgan fingerprint density at radius 1 is 0.857 bits per heavy atom. The van der Waals surface area contributed by atoms with Gasteiger partial charge < -0.3 is 14.1 Å². The highest BCUT2D eigenvalue weighted by Gasteiger charge is 2.23. The number of carbonyl (C=O) groups is 1. The van der Waals surface area contributed by atoms with Crippen molar-refractivity contribution < 1.29 is 13.9 Å². The van der Waals surface area contributed by atoms with E-state index in [1.807, 2.05) is 60.7 Å². The molecule has 0 saturated heterocycles. The lowest BCUT2D eigenvalue weighted by Crippen LogP contribution is -2.27. The van der Waals surface area contributed by atoms with E-state index in [0.29, 0.717) is 29.1 Å². The average Bonchev–Trinajstić information content (AvgIpc) is 3.30. The summed E-state index contributed by atoms with van der Waals surface area (Å²) in [5, 5.41) is 0.840. The maximum Gasteiger partial charge on any atom is 0.197 e. The molecule has 0 spiro atoms. The molecule has 0 aliphatic carbocycles. The molecule has 0 atom stereocenters. The Balaban J connectivity index is 1.68. The molecular weight excluding hydrogens is 434 g/mol. The van der Waals surface area contributed by atoms with Gasteiger partial charge in [0, 0.05) is 23.1 Å². The molecule has 4 aromatic rings. The van der Waals surface area contributed by atoms with Crippen molar-refractivity contribution >= 4 is 16.8 Å². The van der Waals surface area contributed by atoms with Gasteiger partial charge in [-0.15, -0.1) is 0 Å². The Morgan fingerprint density at radius 3 is 2.14 bits per heavy atom. The fourth-order valence-electron chi connectivity index (χ4n) is 4.46. The molecule has 1 aromatic heterocycles. The summed E-state index contributed by atoms with van der Waals surface area (Å²) >= 11 is 0. The second-order valence-corrected chi connectivity index (χ2v) is 8.78. The van der Waals surface area contributed by atoms with Gasteiger partial charge in [-0.25, -0.2) is 0 Å². The molecule has 1 heterocycles. The van der Waals surface area contributed by atoms with Gasteiger partial charge in [-0.3, -0.25) is 4.79 Å². The summed E-state index contributed by atoms with van der Waals surface area (Å²) in [7, 11) is 0. The number of para-hydroxylation sites is 1. The van der Waals surface area contributed by atoms with Crippen LogP contribution >= 0.6 is 0 Å². The quantitative estimate of drug-likeness (QED) is 0.218. The van der Waals surface area contributed by atoms with E-state index in [1.165, 1.54) is 11.1 Å². The van der Waals surface area contributed by atoms with Crippen molar-refractivity contribution in [2.24, 2.45) is 0 Å². The Morgan fingerprint density at radius 2 is 1.51 bits per heavy atom. The smallest absolute Gasteiger partial charge is 0.197 e. The first-order valence-electron chi connectivity index (χ1n) is 12.7. The van der Waals surface area contributed by atoms with Crippen LogP contribution in [0.15, 0.2) is 71.1 Å². The molecule has 35 heavy (non-hydrogen) atoms. The van der Waals surface area contributed by atoms with Crippen molar-refractivity contribution in [2.45, 2.75) is 40.5 Å². The van der Waals surface area contributed by atoms with E-state index in [0.717, 1.165) is 49.2 Å². The summed E-state index contributed by atoms with van der Waals surface area (Å²) in [5.74, 6) is 1.41. The van der Waals surface area contributed by atoms with Crippen LogP contribution < -0.4 is 4.74 Å². The first-order chi connectivity index (χ1) is 17.1. The van der Waals surface area contributed by atoms with Gasteiger partial charge in [0.25, 0.3) is 0 Å². The first kappa shape index (κ1) is 24.7. The highest BCUT2D eigenvalue weighted by molar-refractivity contribution is 6.19.